The molecule has 76 valence electrons. The average Bonchev–Trinajstić information content (AvgIpc) is 2.82. The number of H-pyrrole nitrogens is 1. The molecule has 0 bridgehead atoms. The molecule has 0 radical (unpaired) electrons. The van der Waals surface area contributed by atoms with Crippen molar-refractivity contribution in [3.8, 4) is 11.3 Å². The lowest BCUT2D eigenvalue weighted by molar-refractivity contribution is 0.686. The van der Waals surface area contributed by atoms with Gasteiger partial charge in [0, 0.05) is 0 Å². The molecule has 2 heteroatoms. The predicted octanol–water partition coefficient (Wildman–Crippen LogP) is 2.96. The van der Waals surface area contributed by atoms with Crippen molar-refractivity contribution >= 4 is 0 Å². The Morgan fingerprint density at radius 2 is 1.93 bits per heavy atom. The zero-order valence-electron chi connectivity index (χ0n) is 8.66. The van der Waals surface area contributed by atoms with E-state index in [-0.39, 0.29) is 0 Å². The van der Waals surface area contributed by atoms with E-state index in [1.54, 1.807) is 6.33 Å². The molecule has 0 amide bonds. The summed E-state index contributed by atoms with van der Waals surface area (Å²) in [4.78, 5) is 7.20. The Bertz CT molecular complexity index is 457. The largest absolute Gasteiger partial charge is 0.345 e. The van der Waals surface area contributed by atoms with E-state index in [2.05, 4.69) is 28.2 Å². The minimum absolute atomic E-state index is 1.11. The molecule has 0 fully saturated rings. The van der Waals surface area contributed by atoms with Crippen molar-refractivity contribution in [1.82, 2.24) is 9.97 Å². The minimum Gasteiger partial charge on any atom is -0.345 e. The van der Waals surface area contributed by atoms with Gasteiger partial charge >= 0.3 is 0 Å². The van der Waals surface area contributed by atoms with Crippen LogP contribution >= 0.6 is 0 Å². The highest BCUT2D eigenvalue weighted by molar-refractivity contribution is 5.60. The third-order valence-corrected chi connectivity index (χ3v) is 3.16. The van der Waals surface area contributed by atoms with Crippen LogP contribution < -0.4 is 0 Å². The van der Waals surface area contributed by atoms with Crippen molar-refractivity contribution in [2.75, 3.05) is 0 Å². The predicted molar refractivity (Wildman–Crippen MR) is 60.7 cm³/mol. The van der Waals surface area contributed by atoms with Crippen LogP contribution in [-0.2, 0) is 12.8 Å². The minimum atomic E-state index is 1.11. The lowest BCUT2D eigenvalue weighted by Gasteiger charge is -2.16. The van der Waals surface area contributed by atoms with Gasteiger partial charge in [-0.3, -0.25) is 0 Å². The summed E-state index contributed by atoms with van der Waals surface area (Å²) < 4.78 is 0. The maximum Gasteiger partial charge on any atom is 0.0924 e. The number of rotatable bonds is 1. The monoisotopic (exact) mass is 198 g/mol. The SMILES string of the molecule is c1ncc(-c2ccc3c(c2)CCCC3)[nH]1. The molecule has 0 saturated carbocycles. The Balaban J connectivity index is 2.04. The summed E-state index contributed by atoms with van der Waals surface area (Å²) >= 11 is 0. The number of hydrogen-bond acceptors (Lipinski definition) is 1. The summed E-state index contributed by atoms with van der Waals surface area (Å²) in [5.41, 5.74) is 5.43. The molecule has 1 aliphatic rings. The highest BCUT2D eigenvalue weighted by atomic mass is 14.9. The van der Waals surface area contributed by atoms with Crippen LogP contribution in [0.2, 0.25) is 0 Å². The van der Waals surface area contributed by atoms with E-state index in [9.17, 15) is 0 Å². The van der Waals surface area contributed by atoms with Crippen LogP contribution in [0.3, 0.4) is 0 Å². The zero-order valence-corrected chi connectivity index (χ0v) is 8.66. The van der Waals surface area contributed by atoms with Gasteiger partial charge in [-0.1, -0.05) is 12.1 Å². The molecule has 3 rings (SSSR count). The topological polar surface area (TPSA) is 28.7 Å². The van der Waals surface area contributed by atoms with Gasteiger partial charge in [-0.2, -0.15) is 0 Å². The number of aromatic amines is 1. The highest BCUT2D eigenvalue weighted by Crippen LogP contribution is 2.26. The molecule has 1 aromatic heterocycles. The summed E-state index contributed by atoms with van der Waals surface area (Å²) in [6.45, 7) is 0. The van der Waals surface area contributed by atoms with Gasteiger partial charge in [0.25, 0.3) is 0 Å². The summed E-state index contributed by atoms with van der Waals surface area (Å²) in [6, 6.07) is 6.77. The van der Waals surface area contributed by atoms with Crippen LogP contribution in [0.5, 0.6) is 0 Å². The normalized spacial score (nSPS) is 14.9. The molecule has 0 unspecified atom stereocenters. The number of imidazole rings is 1. The maximum atomic E-state index is 4.06. The van der Waals surface area contributed by atoms with E-state index < -0.39 is 0 Å². The second-order valence-corrected chi connectivity index (χ2v) is 4.16. The van der Waals surface area contributed by atoms with Crippen LogP contribution in [-0.4, -0.2) is 9.97 Å². The highest BCUT2D eigenvalue weighted by Gasteiger charge is 2.10. The number of aryl methyl sites for hydroxylation is 2. The van der Waals surface area contributed by atoms with Crippen LogP contribution in [0.1, 0.15) is 24.0 Å². The van der Waals surface area contributed by atoms with Crippen molar-refractivity contribution in [2.24, 2.45) is 0 Å². The summed E-state index contributed by atoms with van der Waals surface area (Å²) in [6.07, 6.45) is 8.77. The van der Waals surface area contributed by atoms with Gasteiger partial charge in [-0.05, 0) is 48.4 Å². The molecule has 0 atom stereocenters. The fourth-order valence-corrected chi connectivity index (χ4v) is 2.31. The third-order valence-electron chi connectivity index (χ3n) is 3.16. The Kier molecular flexibility index (Phi) is 2.05. The summed E-state index contributed by atoms with van der Waals surface area (Å²) in [5.74, 6) is 0. The Labute approximate surface area is 89.4 Å². The zero-order chi connectivity index (χ0) is 10.1. The number of aromatic nitrogens is 2. The van der Waals surface area contributed by atoms with Crippen LogP contribution in [0.25, 0.3) is 11.3 Å². The van der Waals surface area contributed by atoms with E-state index in [0.717, 1.165) is 5.69 Å². The van der Waals surface area contributed by atoms with Gasteiger partial charge in [0.15, 0.2) is 0 Å². The number of hydrogen-bond donors (Lipinski definition) is 1. The van der Waals surface area contributed by atoms with Gasteiger partial charge in [0.1, 0.15) is 0 Å². The van der Waals surface area contributed by atoms with Crippen LogP contribution in [0.4, 0.5) is 0 Å². The van der Waals surface area contributed by atoms with E-state index in [4.69, 9.17) is 0 Å². The molecule has 2 aromatic rings. The molecule has 15 heavy (non-hydrogen) atoms. The molecule has 0 spiro atoms. The van der Waals surface area contributed by atoms with Gasteiger partial charge in [-0.25, -0.2) is 4.98 Å². The first-order valence-corrected chi connectivity index (χ1v) is 5.54. The molecular weight excluding hydrogens is 184 g/mol. The van der Waals surface area contributed by atoms with Crippen LogP contribution in [0.15, 0.2) is 30.7 Å². The second-order valence-electron chi connectivity index (χ2n) is 4.16. The Hall–Kier alpha value is -1.57. The second kappa shape index (κ2) is 3.54. The maximum absolute atomic E-state index is 4.06. The fraction of sp³-hybridized carbons (Fsp3) is 0.308. The number of fused-ring (bicyclic) bond motifs is 1. The van der Waals surface area contributed by atoms with Gasteiger partial charge < -0.3 is 4.98 Å². The third kappa shape index (κ3) is 1.56. The lowest BCUT2D eigenvalue weighted by atomic mass is 9.90. The quantitative estimate of drug-likeness (QED) is 0.749. The molecule has 0 aliphatic heterocycles. The summed E-state index contributed by atoms with van der Waals surface area (Å²) in [5, 5.41) is 0. The van der Waals surface area contributed by atoms with E-state index in [0.29, 0.717) is 0 Å². The molecule has 2 nitrogen and oxygen atoms in total. The molecule has 1 heterocycles. The number of nitrogens with one attached hydrogen (secondary N) is 1. The van der Waals surface area contributed by atoms with E-state index >= 15 is 0 Å². The molecule has 1 aliphatic carbocycles. The Morgan fingerprint density at radius 3 is 2.73 bits per heavy atom. The molecule has 1 N–H and O–H groups in total. The van der Waals surface area contributed by atoms with Crippen molar-refractivity contribution in [2.45, 2.75) is 25.7 Å². The van der Waals surface area contributed by atoms with Crippen molar-refractivity contribution in [1.29, 1.82) is 0 Å². The lowest BCUT2D eigenvalue weighted by Crippen LogP contribution is -2.02. The molecule has 1 aromatic carbocycles. The van der Waals surface area contributed by atoms with Gasteiger partial charge in [-0.15, -0.1) is 0 Å². The van der Waals surface area contributed by atoms with Crippen molar-refractivity contribution < 1.29 is 0 Å². The first-order chi connectivity index (χ1) is 7.43. The van der Waals surface area contributed by atoms with Crippen LogP contribution in [0, 0.1) is 0 Å². The average molecular weight is 198 g/mol. The summed E-state index contributed by atoms with van der Waals surface area (Å²) in [7, 11) is 0. The first-order valence-electron chi connectivity index (χ1n) is 5.54. The fourth-order valence-electron chi connectivity index (χ4n) is 2.31. The van der Waals surface area contributed by atoms with E-state index in [1.165, 1.54) is 42.4 Å². The van der Waals surface area contributed by atoms with Gasteiger partial charge in [0.05, 0.1) is 18.2 Å². The van der Waals surface area contributed by atoms with E-state index in [1.807, 2.05) is 6.20 Å². The number of benzene rings is 1. The standard InChI is InChI=1S/C13H14N2/c1-2-4-11-7-12(6-5-10(11)3-1)13-8-14-9-15-13/h5-9H,1-4H2,(H,14,15). The van der Waals surface area contributed by atoms with Gasteiger partial charge in [0.2, 0.25) is 0 Å². The van der Waals surface area contributed by atoms with Crippen molar-refractivity contribution in [3.05, 3.63) is 41.9 Å². The number of nitrogens with zero attached hydrogens (tertiary/aromatic N) is 1. The van der Waals surface area contributed by atoms with Crippen molar-refractivity contribution in [3.63, 3.8) is 0 Å². The molecular formula is C13H14N2. The smallest absolute Gasteiger partial charge is 0.0924 e. The molecule has 0 saturated heterocycles. The first kappa shape index (κ1) is 8.72. The Morgan fingerprint density at radius 1 is 1.07 bits per heavy atom.